The van der Waals surface area contributed by atoms with Crippen LogP contribution in [0, 0.1) is 11.7 Å². The first-order chi connectivity index (χ1) is 7.95. The zero-order valence-corrected chi connectivity index (χ0v) is 10.5. The van der Waals surface area contributed by atoms with Crippen LogP contribution in [0.4, 0.5) is 10.1 Å². The second-order valence-corrected chi connectivity index (χ2v) is 4.28. The van der Waals surface area contributed by atoms with Gasteiger partial charge < -0.3 is 16.3 Å². The predicted octanol–water partition coefficient (Wildman–Crippen LogP) is 1.91. The quantitative estimate of drug-likeness (QED) is 0.345. The Morgan fingerprint density at radius 2 is 2.29 bits per heavy atom. The Morgan fingerprint density at radius 1 is 1.65 bits per heavy atom. The van der Waals surface area contributed by atoms with Crippen LogP contribution in [0.2, 0.25) is 0 Å². The van der Waals surface area contributed by atoms with Gasteiger partial charge >= 0.3 is 0 Å². The van der Waals surface area contributed by atoms with Gasteiger partial charge in [-0.2, -0.15) is 0 Å². The highest BCUT2D eigenvalue weighted by Crippen LogP contribution is 2.20. The summed E-state index contributed by atoms with van der Waals surface area (Å²) < 4.78 is 14.0. The normalized spacial score (nSPS) is 13.2. The van der Waals surface area contributed by atoms with Crippen molar-refractivity contribution in [2.24, 2.45) is 16.8 Å². The van der Waals surface area contributed by atoms with Crippen molar-refractivity contribution in [1.29, 1.82) is 0 Å². The lowest BCUT2D eigenvalue weighted by molar-refractivity contribution is -0.117. The van der Waals surface area contributed by atoms with Crippen LogP contribution in [0.3, 0.4) is 0 Å². The molecule has 0 radical (unpaired) electrons. The molecule has 7 heteroatoms. The van der Waals surface area contributed by atoms with Gasteiger partial charge in [-0.25, -0.2) is 4.39 Å². The Labute approximate surface area is 106 Å². The number of rotatable bonds is 3. The molecule has 0 saturated heterocycles. The van der Waals surface area contributed by atoms with E-state index in [4.69, 9.17) is 10.9 Å². The molecule has 0 aliphatic heterocycles. The topological polar surface area (TPSA) is 87.7 Å². The van der Waals surface area contributed by atoms with Crippen molar-refractivity contribution in [2.45, 2.75) is 6.92 Å². The smallest absolute Gasteiger partial charge is 0.235 e. The third-order valence-electron chi connectivity index (χ3n) is 2.14. The lowest BCUT2D eigenvalue weighted by atomic mass is 10.1. The molecule has 92 valence electrons. The summed E-state index contributed by atoms with van der Waals surface area (Å²) >= 11 is 3.16. The molecular formula is C10H11BrFN3O2. The first-order valence-electron chi connectivity index (χ1n) is 4.69. The molecule has 0 saturated carbocycles. The summed E-state index contributed by atoms with van der Waals surface area (Å²) in [5, 5.41) is 13.5. The van der Waals surface area contributed by atoms with Crippen LogP contribution in [0.1, 0.15) is 6.92 Å². The zero-order chi connectivity index (χ0) is 13.0. The van der Waals surface area contributed by atoms with E-state index in [1.165, 1.54) is 25.1 Å². The molecule has 0 spiro atoms. The fourth-order valence-corrected chi connectivity index (χ4v) is 1.42. The average molecular weight is 304 g/mol. The Hall–Kier alpha value is -1.63. The van der Waals surface area contributed by atoms with Gasteiger partial charge in [0, 0.05) is 4.47 Å². The summed E-state index contributed by atoms with van der Waals surface area (Å²) in [6, 6.07) is 4.15. The number of benzene rings is 1. The molecule has 0 fully saturated rings. The van der Waals surface area contributed by atoms with Gasteiger partial charge in [0.05, 0.1) is 11.6 Å². The number of nitrogens with zero attached hydrogens (tertiary/aromatic N) is 1. The standard InChI is InChI=1S/C10H11BrFN3O2/c1-5(9(13)15-17)10(16)14-8-4-6(11)2-3-7(8)12/h2-5,17H,1H3,(H2,13,15)(H,14,16). The van der Waals surface area contributed by atoms with Gasteiger partial charge in [0.25, 0.3) is 0 Å². The number of carbonyl (C=O) groups excluding carboxylic acids is 1. The van der Waals surface area contributed by atoms with Crippen LogP contribution in [-0.2, 0) is 4.79 Å². The number of carbonyl (C=O) groups is 1. The number of halogens is 2. The number of nitrogens with two attached hydrogens (primary N) is 1. The number of amidine groups is 1. The summed E-state index contributed by atoms with van der Waals surface area (Å²) in [5.41, 5.74) is 5.30. The molecule has 0 aliphatic rings. The molecule has 5 nitrogen and oxygen atoms in total. The van der Waals surface area contributed by atoms with Crippen LogP contribution in [-0.4, -0.2) is 17.0 Å². The minimum atomic E-state index is -0.849. The van der Waals surface area contributed by atoms with Crippen LogP contribution in [0.5, 0.6) is 0 Å². The Bertz CT molecular complexity index is 465. The van der Waals surface area contributed by atoms with Gasteiger partial charge in [0.1, 0.15) is 5.82 Å². The van der Waals surface area contributed by atoms with Crippen molar-refractivity contribution in [3.8, 4) is 0 Å². The van der Waals surface area contributed by atoms with Crippen molar-refractivity contribution in [2.75, 3.05) is 5.32 Å². The number of hydrogen-bond donors (Lipinski definition) is 3. The molecule has 4 N–H and O–H groups in total. The van der Waals surface area contributed by atoms with E-state index < -0.39 is 17.6 Å². The maximum atomic E-state index is 13.3. The molecular weight excluding hydrogens is 293 g/mol. The van der Waals surface area contributed by atoms with Crippen molar-refractivity contribution in [1.82, 2.24) is 0 Å². The highest BCUT2D eigenvalue weighted by atomic mass is 79.9. The summed E-state index contributed by atoms with van der Waals surface area (Å²) in [6.07, 6.45) is 0. The fraction of sp³-hybridized carbons (Fsp3) is 0.200. The number of oxime groups is 1. The Morgan fingerprint density at radius 3 is 2.88 bits per heavy atom. The highest BCUT2D eigenvalue weighted by Gasteiger charge is 2.18. The number of nitrogens with one attached hydrogen (secondary N) is 1. The highest BCUT2D eigenvalue weighted by molar-refractivity contribution is 9.10. The largest absolute Gasteiger partial charge is 0.409 e. The lowest BCUT2D eigenvalue weighted by Gasteiger charge is -2.11. The van der Waals surface area contributed by atoms with Gasteiger partial charge in [0.2, 0.25) is 5.91 Å². The van der Waals surface area contributed by atoms with Crippen LogP contribution < -0.4 is 11.1 Å². The Kier molecular flexibility index (Phi) is 4.45. The second-order valence-electron chi connectivity index (χ2n) is 3.36. The molecule has 1 aromatic carbocycles. The summed E-state index contributed by atoms with van der Waals surface area (Å²) in [5.74, 6) is -2.21. The van der Waals surface area contributed by atoms with Gasteiger partial charge in [0.15, 0.2) is 5.84 Å². The van der Waals surface area contributed by atoms with Gasteiger partial charge in [-0.15, -0.1) is 0 Å². The predicted molar refractivity (Wildman–Crippen MR) is 65.3 cm³/mol. The van der Waals surface area contributed by atoms with Crippen molar-refractivity contribution < 1.29 is 14.4 Å². The molecule has 0 bridgehead atoms. The van der Waals surface area contributed by atoms with E-state index in [-0.39, 0.29) is 11.5 Å². The molecule has 1 aromatic rings. The van der Waals surface area contributed by atoms with Crippen LogP contribution in [0.15, 0.2) is 27.8 Å². The van der Waals surface area contributed by atoms with Crippen LogP contribution >= 0.6 is 15.9 Å². The summed E-state index contributed by atoms with van der Waals surface area (Å²) in [6.45, 7) is 1.44. The third-order valence-corrected chi connectivity index (χ3v) is 2.63. The summed E-state index contributed by atoms with van der Waals surface area (Å²) in [4.78, 5) is 11.6. The SMILES string of the molecule is CC(C(=O)Nc1cc(Br)ccc1F)/C(N)=N/O. The maximum Gasteiger partial charge on any atom is 0.235 e. The molecule has 17 heavy (non-hydrogen) atoms. The van der Waals surface area contributed by atoms with E-state index in [9.17, 15) is 9.18 Å². The minimum absolute atomic E-state index is 0.0296. The third kappa shape index (κ3) is 3.42. The van der Waals surface area contributed by atoms with E-state index in [1.54, 1.807) is 0 Å². The number of amides is 1. The Balaban J connectivity index is 2.84. The second kappa shape index (κ2) is 5.62. The molecule has 0 aromatic heterocycles. The zero-order valence-electron chi connectivity index (χ0n) is 8.95. The van der Waals surface area contributed by atoms with Crippen LogP contribution in [0.25, 0.3) is 0 Å². The van der Waals surface area contributed by atoms with Gasteiger partial charge in [-0.3, -0.25) is 4.79 Å². The first kappa shape index (κ1) is 13.4. The average Bonchev–Trinajstić information content (AvgIpc) is 2.31. The maximum absolute atomic E-state index is 13.3. The lowest BCUT2D eigenvalue weighted by Crippen LogP contribution is -2.32. The van der Waals surface area contributed by atoms with E-state index in [0.717, 1.165) is 0 Å². The first-order valence-corrected chi connectivity index (χ1v) is 5.48. The van der Waals surface area contributed by atoms with Gasteiger partial charge in [-0.05, 0) is 25.1 Å². The molecule has 0 heterocycles. The number of anilines is 1. The summed E-state index contributed by atoms with van der Waals surface area (Å²) in [7, 11) is 0. The van der Waals surface area contributed by atoms with E-state index in [2.05, 4.69) is 26.4 Å². The molecule has 1 amide bonds. The molecule has 1 rings (SSSR count). The van der Waals surface area contributed by atoms with Crippen molar-refractivity contribution in [3.05, 3.63) is 28.5 Å². The number of hydrogen-bond acceptors (Lipinski definition) is 3. The minimum Gasteiger partial charge on any atom is -0.409 e. The molecule has 0 aliphatic carbocycles. The fourth-order valence-electron chi connectivity index (χ4n) is 1.06. The van der Waals surface area contributed by atoms with E-state index in [1.807, 2.05) is 0 Å². The van der Waals surface area contributed by atoms with Crippen molar-refractivity contribution in [3.63, 3.8) is 0 Å². The van der Waals surface area contributed by atoms with E-state index in [0.29, 0.717) is 4.47 Å². The molecule has 1 atom stereocenters. The van der Waals surface area contributed by atoms with Crippen molar-refractivity contribution >= 4 is 33.4 Å². The monoisotopic (exact) mass is 303 g/mol. The van der Waals surface area contributed by atoms with Gasteiger partial charge in [-0.1, -0.05) is 21.1 Å². The van der Waals surface area contributed by atoms with E-state index >= 15 is 0 Å². The molecule has 1 unspecified atom stereocenters.